The molecule has 0 aliphatic heterocycles. The van der Waals surface area contributed by atoms with E-state index in [1.54, 1.807) is 0 Å². The summed E-state index contributed by atoms with van der Waals surface area (Å²) in [6.45, 7) is 4.43. The number of nitrogens with one attached hydrogen (secondary N) is 2. The number of anilines is 1. The van der Waals surface area contributed by atoms with Crippen molar-refractivity contribution in [1.82, 2.24) is 5.32 Å². The molecule has 5 nitrogen and oxygen atoms in total. The second-order valence-electron chi connectivity index (χ2n) is 5.00. The normalized spacial score (nSPS) is 10.2. The van der Waals surface area contributed by atoms with Gasteiger partial charge >= 0.3 is 12.0 Å². The molecule has 3 N–H and O–H groups in total. The molecular weight excluding hydrogens is 336 g/mol. The van der Waals surface area contributed by atoms with Crippen LogP contribution in [0.5, 0.6) is 0 Å². The summed E-state index contributed by atoms with van der Waals surface area (Å²) >= 11 is 3.42. The van der Waals surface area contributed by atoms with Crippen LogP contribution in [-0.2, 0) is 4.79 Å². The average molecular weight is 357 g/mol. The van der Waals surface area contributed by atoms with Crippen LogP contribution in [0.25, 0.3) is 0 Å². The number of benzene rings is 1. The lowest BCUT2D eigenvalue weighted by atomic mass is 10.1. The lowest BCUT2D eigenvalue weighted by Gasteiger charge is -2.13. The van der Waals surface area contributed by atoms with Gasteiger partial charge in [0.15, 0.2) is 0 Å². The molecular formula is C15H21BrN2O3. The van der Waals surface area contributed by atoms with E-state index in [9.17, 15) is 9.59 Å². The van der Waals surface area contributed by atoms with Crippen LogP contribution in [0.3, 0.4) is 0 Å². The highest BCUT2D eigenvalue weighted by Crippen LogP contribution is 2.24. The summed E-state index contributed by atoms with van der Waals surface area (Å²) in [6, 6.07) is 3.67. The van der Waals surface area contributed by atoms with E-state index in [0.29, 0.717) is 13.0 Å². The lowest BCUT2D eigenvalue weighted by Crippen LogP contribution is -2.30. The summed E-state index contributed by atoms with van der Waals surface area (Å²) in [4.78, 5) is 22.2. The number of urea groups is 1. The van der Waals surface area contributed by atoms with Gasteiger partial charge in [-0.3, -0.25) is 4.79 Å². The second-order valence-corrected chi connectivity index (χ2v) is 5.92. The Morgan fingerprint density at radius 2 is 1.76 bits per heavy atom. The largest absolute Gasteiger partial charge is 0.481 e. The Morgan fingerprint density at radius 3 is 2.33 bits per heavy atom. The summed E-state index contributed by atoms with van der Waals surface area (Å²) in [5.41, 5.74) is 2.82. The Hall–Kier alpha value is -1.56. The first kappa shape index (κ1) is 17.5. The van der Waals surface area contributed by atoms with Gasteiger partial charge in [-0.15, -0.1) is 0 Å². The van der Waals surface area contributed by atoms with Crippen molar-refractivity contribution in [2.24, 2.45) is 0 Å². The van der Waals surface area contributed by atoms with Gasteiger partial charge in [-0.1, -0.05) is 22.4 Å². The fourth-order valence-electron chi connectivity index (χ4n) is 2.05. The highest BCUT2D eigenvalue weighted by molar-refractivity contribution is 9.10. The molecule has 2 amide bonds. The third kappa shape index (κ3) is 6.62. The van der Waals surface area contributed by atoms with Crippen molar-refractivity contribution in [2.75, 3.05) is 11.9 Å². The molecule has 116 valence electrons. The zero-order valence-corrected chi connectivity index (χ0v) is 13.9. The predicted octanol–water partition coefficient (Wildman–Crippen LogP) is 3.83. The molecule has 0 unspecified atom stereocenters. The van der Waals surface area contributed by atoms with E-state index < -0.39 is 5.97 Å². The van der Waals surface area contributed by atoms with Crippen molar-refractivity contribution in [3.05, 3.63) is 27.7 Å². The Balaban J connectivity index is 2.33. The molecule has 0 bridgehead atoms. The van der Waals surface area contributed by atoms with Crippen LogP contribution in [0.1, 0.15) is 36.8 Å². The summed E-state index contributed by atoms with van der Waals surface area (Å²) in [5.74, 6) is -0.776. The van der Waals surface area contributed by atoms with Crippen LogP contribution < -0.4 is 10.6 Å². The first-order valence-electron chi connectivity index (χ1n) is 6.93. The number of carbonyl (C=O) groups excluding carboxylic acids is 1. The number of halogens is 1. The molecule has 1 aromatic rings. The fraction of sp³-hybridized carbons (Fsp3) is 0.467. The quantitative estimate of drug-likeness (QED) is 0.649. The van der Waals surface area contributed by atoms with Crippen LogP contribution in [-0.4, -0.2) is 23.7 Å². The number of rotatable bonds is 7. The van der Waals surface area contributed by atoms with Gasteiger partial charge in [0.25, 0.3) is 0 Å². The van der Waals surface area contributed by atoms with Crippen molar-refractivity contribution in [1.29, 1.82) is 0 Å². The lowest BCUT2D eigenvalue weighted by molar-refractivity contribution is -0.137. The van der Waals surface area contributed by atoms with E-state index in [2.05, 4.69) is 26.6 Å². The number of unbranched alkanes of at least 4 members (excludes halogenated alkanes) is 2. The molecule has 0 aromatic heterocycles. The van der Waals surface area contributed by atoms with Crippen LogP contribution in [0.4, 0.5) is 10.5 Å². The van der Waals surface area contributed by atoms with E-state index in [1.165, 1.54) is 0 Å². The fourth-order valence-corrected chi connectivity index (χ4v) is 2.73. The van der Waals surface area contributed by atoms with Gasteiger partial charge in [0, 0.05) is 23.1 Å². The van der Waals surface area contributed by atoms with Gasteiger partial charge in [-0.25, -0.2) is 4.79 Å². The van der Waals surface area contributed by atoms with E-state index in [0.717, 1.165) is 34.1 Å². The number of aliphatic carboxylic acids is 1. The number of carbonyl (C=O) groups is 2. The van der Waals surface area contributed by atoms with Crippen molar-refractivity contribution < 1.29 is 14.7 Å². The van der Waals surface area contributed by atoms with E-state index in [4.69, 9.17) is 5.11 Å². The van der Waals surface area contributed by atoms with Crippen LogP contribution >= 0.6 is 15.9 Å². The third-order valence-electron chi connectivity index (χ3n) is 3.09. The first-order chi connectivity index (χ1) is 9.90. The SMILES string of the molecule is Cc1cc(Br)cc(C)c1NC(=O)NCCCCCC(=O)O. The topological polar surface area (TPSA) is 78.4 Å². The minimum Gasteiger partial charge on any atom is -0.481 e. The average Bonchev–Trinajstić information content (AvgIpc) is 2.37. The number of carboxylic acids is 1. The van der Waals surface area contributed by atoms with Gasteiger partial charge in [-0.05, 0) is 49.9 Å². The summed E-state index contributed by atoms with van der Waals surface area (Å²) in [5, 5.41) is 14.1. The van der Waals surface area contributed by atoms with Crippen molar-refractivity contribution in [2.45, 2.75) is 39.5 Å². The Bertz CT molecular complexity index is 495. The van der Waals surface area contributed by atoms with Crippen molar-refractivity contribution in [3.63, 3.8) is 0 Å². The Kier molecular flexibility index (Phi) is 7.22. The molecule has 1 aromatic carbocycles. The maximum atomic E-state index is 11.8. The van der Waals surface area contributed by atoms with Gasteiger partial charge < -0.3 is 15.7 Å². The zero-order chi connectivity index (χ0) is 15.8. The first-order valence-corrected chi connectivity index (χ1v) is 7.73. The number of hydrogen-bond donors (Lipinski definition) is 3. The van der Waals surface area contributed by atoms with E-state index in [1.807, 2.05) is 26.0 Å². The number of carboxylic acid groups (broad SMARTS) is 1. The number of aryl methyl sites for hydroxylation is 2. The van der Waals surface area contributed by atoms with Gasteiger partial charge in [-0.2, -0.15) is 0 Å². The summed E-state index contributed by atoms with van der Waals surface area (Å²) in [6.07, 6.45) is 2.40. The van der Waals surface area contributed by atoms with Gasteiger partial charge in [0.2, 0.25) is 0 Å². The zero-order valence-electron chi connectivity index (χ0n) is 12.3. The molecule has 0 saturated heterocycles. The smallest absolute Gasteiger partial charge is 0.319 e. The van der Waals surface area contributed by atoms with Crippen molar-refractivity contribution in [3.8, 4) is 0 Å². The summed E-state index contributed by atoms with van der Waals surface area (Å²) < 4.78 is 0.988. The standard InChI is InChI=1S/C15H21BrN2O3/c1-10-8-12(16)9-11(2)14(10)18-15(21)17-7-5-3-4-6-13(19)20/h8-9H,3-7H2,1-2H3,(H,19,20)(H2,17,18,21). The molecule has 1 rings (SSSR count). The maximum Gasteiger partial charge on any atom is 0.319 e. The molecule has 0 aliphatic carbocycles. The number of amides is 2. The minimum atomic E-state index is -0.776. The van der Waals surface area contributed by atoms with Gasteiger partial charge in [0.05, 0.1) is 0 Å². The number of hydrogen-bond acceptors (Lipinski definition) is 2. The van der Waals surface area contributed by atoms with Crippen molar-refractivity contribution >= 4 is 33.6 Å². The molecule has 0 heterocycles. The monoisotopic (exact) mass is 356 g/mol. The predicted molar refractivity (Wildman–Crippen MR) is 86.7 cm³/mol. The molecule has 0 fully saturated rings. The second kappa shape index (κ2) is 8.67. The maximum absolute atomic E-state index is 11.8. The summed E-state index contributed by atoms with van der Waals surface area (Å²) in [7, 11) is 0. The van der Waals surface area contributed by atoms with Crippen LogP contribution in [0, 0.1) is 13.8 Å². The molecule has 6 heteroatoms. The van der Waals surface area contributed by atoms with Crippen LogP contribution in [0.15, 0.2) is 16.6 Å². The molecule has 0 saturated carbocycles. The highest BCUT2D eigenvalue weighted by Gasteiger charge is 2.08. The van der Waals surface area contributed by atoms with Gasteiger partial charge in [0.1, 0.15) is 0 Å². The molecule has 0 aliphatic rings. The van der Waals surface area contributed by atoms with E-state index in [-0.39, 0.29) is 12.5 Å². The molecule has 21 heavy (non-hydrogen) atoms. The molecule has 0 radical (unpaired) electrons. The minimum absolute atomic E-state index is 0.184. The highest BCUT2D eigenvalue weighted by atomic mass is 79.9. The molecule has 0 spiro atoms. The Morgan fingerprint density at radius 1 is 1.14 bits per heavy atom. The van der Waals surface area contributed by atoms with Crippen LogP contribution in [0.2, 0.25) is 0 Å². The molecule has 0 atom stereocenters. The van der Waals surface area contributed by atoms with E-state index >= 15 is 0 Å². The Labute approximate surface area is 133 Å². The third-order valence-corrected chi connectivity index (χ3v) is 3.55.